The lowest BCUT2D eigenvalue weighted by Gasteiger charge is -2.34. The zero-order valence-corrected chi connectivity index (χ0v) is 13.0. The molecule has 4 nitrogen and oxygen atoms in total. The monoisotopic (exact) mass is 269 g/mol. The van der Waals surface area contributed by atoms with Crippen LogP contribution in [-0.4, -0.2) is 48.6 Å². The van der Waals surface area contributed by atoms with Gasteiger partial charge in [0, 0.05) is 25.2 Å². The number of rotatable bonds is 8. The first-order chi connectivity index (χ1) is 9.06. The topological polar surface area (TPSA) is 44.4 Å². The lowest BCUT2D eigenvalue weighted by Crippen LogP contribution is -2.52. The number of nitrogens with one attached hydrogen (secondary N) is 2. The van der Waals surface area contributed by atoms with Gasteiger partial charge in [-0.2, -0.15) is 0 Å². The van der Waals surface area contributed by atoms with Crippen LogP contribution in [0.15, 0.2) is 0 Å². The summed E-state index contributed by atoms with van der Waals surface area (Å²) >= 11 is 0. The van der Waals surface area contributed by atoms with Gasteiger partial charge in [-0.3, -0.25) is 9.69 Å². The van der Waals surface area contributed by atoms with Gasteiger partial charge in [0.05, 0.1) is 6.04 Å². The highest BCUT2D eigenvalue weighted by Crippen LogP contribution is 2.12. The smallest absolute Gasteiger partial charge is 0.237 e. The van der Waals surface area contributed by atoms with Crippen LogP contribution in [0.4, 0.5) is 0 Å². The molecule has 4 heteroatoms. The van der Waals surface area contributed by atoms with Crippen LogP contribution in [0.5, 0.6) is 0 Å². The predicted molar refractivity (Wildman–Crippen MR) is 80.2 cm³/mol. The average Bonchev–Trinajstić information content (AvgIpc) is 2.87. The first-order valence-corrected chi connectivity index (χ1v) is 7.83. The van der Waals surface area contributed by atoms with Crippen molar-refractivity contribution in [1.29, 1.82) is 0 Å². The van der Waals surface area contributed by atoms with Gasteiger partial charge >= 0.3 is 0 Å². The first-order valence-electron chi connectivity index (χ1n) is 7.83. The molecule has 1 amide bonds. The number of carbonyl (C=O) groups excluding carboxylic acids is 1. The van der Waals surface area contributed by atoms with Crippen molar-refractivity contribution in [3.8, 4) is 0 Å². The van der Waals surface area contributed by atoms with Crippen molar-refractivity contribution in [2.45, 2.75) is 71.5 Å². The van der Waals surface area contributed by atoms with Crippen LogP contribution in [0.25, 0.3) is 0 Å². The Kier molecular flexibility index (Phi) is 7.39. The van der Waals surface area contributed by atoms with Crippen molar-refractivity contribution in [3.05, 3.63) is 0 Å². The molecule has 1 saturated heterocycles. The van der Waals surface area contributed by atoms with Gasteiger partial charge in [-0.25, -0.2) is 0 Å². The summed E-state index contributed by atoms with van der Waals surface area (Å²) < 4.78 is 0. The largest absolute Gasteiger partial charge is 0.355 e. The van der Waals surface area contributed by atoms with Gasteiger partial charge in [0.25, 0.3) is 0 Å². The molecule has 0 bridgehead atoms. The molecule has 0 radical (unpaired) electrons. The molecule has 2 N–H and O–H groups in total. The van der Waals surface area contributed by atoms with Crippen LogP contribution >= 0.6 is 0 Å². The van der Waals surface area contributed by atoms with Crippen molar-refractivity contribution in [2.24, 2.45) is 0 Å². The molecule has 0 aromatic heterocycles. The summed E-state index contributed by atoms with van der Waals surface area (Å²) in [5, 5.41) is 6.56. The van der Waals surface area contributed by atoms with E-state index in [4.69, 9.17) is 0 Å². The molecule has 0 aromatic carbocycles. The Labute approximate surface area is 118 Å². The van der Waals surface area contributed by atoms with Gasteiger partial charge in [0.2, 0.25) is 5.91 Å². The van der Waals surface area contributed by atoms with Crippen LogP contribution in [0, 0.1) is 0 Å². The van der Waals surface area contributed by atoms with E-state index >= 15 is 0 Å². The Morgan fingerprint density at radius 1 is 1.42 bits per heavy atom. The van der Waals surface area contributed by atoms with Gasteiger partial charge in [-0.1, -0.05) is 13.3 Å². The fraction of sp³-hybridized carbons (Fsp3) is 0.933. The number of hydrogen-bond acceptors (Lipinski definition) is 3. The third-order valence-electron chi connectivity index (χ3n) is 3.96. The molecule has 0 spiro atoms. The molecule has 1 heterocycles. The number of unbranched alkanes of at least 4 members (excludes halogenated alkanes) is 1. The average molecular weight is 269 g/mol. The Hall–Kier alpha value is -0.610. The molecule has 1 aliphatic rings. The highest BCUT2D eigenvalue weighted by molar-refractivity contribution is 5.81. The fourth-order valence-electron chi connectivity index (χ4n) is 2.67. The van der Waals surface area contributed by atoms with E-state index in [1.807, 2.05) is 6.92 Å². The number of hydrogen-bond donors (Lipinski definition) is 2. The van der Waals surface area contributed by atoms with Gasteiger partial charge in [-0.15, -0.1) is 0 Å². The summed E-state index contributed by atoms with van der Waals surface area (Å²) in [5.74, 6) is 0.167. The second-order valence-corrected chi connectivity index (χ2v) is 5.90. The SMILES string of the molecule is CCCCNC(=O)C(C)N(CC1CCCN1)C(C)C. The molecule has 0 aliphatic carbocycles. The molecule has 1 aliphatic heterocycles. The third-order valence-corrected chi connectivity index (χ3v) is 3.96. The van der Waals surface area contributed by atoms with Gasteiger partial charge in [0.15, 0.2) is 0 Å². The summed E-state index contributed by atoms with van der Waals surface area (Å²) in [6.45, 7) is 11.4. The van der Waals surface area contributed by atoms with Crippen LogP contribution in [0.1, 0.15) is 53.4 Å². The molecule has 0 aromatic rings. The van der Waals surface area contributed by atoms with E-state index in [2.05, 4.69) is 36.3 Å². The van der Waals surface area contributed by atoms with Crippen LogP contribution in [0.3, 0.4) is 0 Å². The van der Waals surface area contributed by atoms with E-state index in [1.54, 1.807) is 0 Å². The molecule has 1 rings (SSSR count). The maximum atomic E-state index is 12.2. The molecule has 2 unspecified atom stereocenters. The lowest BCUT2D eigenvalue weighted by molar-refractivity contribution is -0.126. The quantitative estimate of drug-likeness (QED) is 0.660. The summed E-state index contributed by atoms with van der Waals surface area (Å²) in [6, 6.07) is 0.905. The van der Waals surface area contributed by atoms with Crippen molar-refractivity contribution in [1.82, 2.24) is 15.5 Å². The van der Waals surface area contributed by atoms with Crippen LogP contribution in [0.2, 0.25) is 0 Å². The Bertz CT molecular complexity index is 262. The Morgan fingerprint density at radius 2 is 2.16 bits per heavy atom. The summed E-state index contributed by atoms with van der Waals surface area (Å²) in [7, 11) is 0. The molecule has 1 fully saturated rings. The maximum absolute atomic E-state index is 12.2. The standard InChI is InChI=1S/C15H31N3O/c1-5-6-9-17-15(19)13(4)18(12(2)3)11-14-8-7-10-16-14/h12-14,16H,5-11H2,1-4H3,(H,17,19). The molecule has 19 heavy (non-hydrogen) atoms. The normalized spacial score (nSPS) is 21.1. The first kappa shape index (κ1) is 16.4. The predicted octanol–water partition coefficient (Wildman–Crippen LogP) is 1.75. The lowest BCUT2D eigenvalue weighted by atomic mass is 10.1. The fourth-order valence-corrected chi connectivity index (χ4v) is 2.67. The van der Waals surface area contributed by atoms with E-state index in [1.165, 1.54) is 12.8 Å². The van der Waals surface area contributed by atoms with Gasteiger partial charge in [-0.05, 0) is 46.6 Å². The van der Waals surface area contributed by atoms with Crippen molar-refractivity contribution in [3.63, 3.8) is 0 Å². The van der Waals surface area contributed by atoms with Crippen molar-refractivity contribution >= 4 is 5.91 Å². The Balaban J connectivity index is 2.46. The van der Waals surface area contributed by atoms with Crippen molar-refractivity contribution in [2.75, 3.05) is 19.6 Å². The van der Waals surface area contributed by atoms with Gasteiger partial charge in [0.1, 0.15) is 0 Å². The van der Waals surface area contributed by atoms with E-state index in [-0.39, 0.29) is 11.9 Å². The Morgan fingerprint density at radius 3 is 2.68 bits per heavy atom. The third kappa shape index (κ3) is 5.49. The minimum atomic E-state index is -0.0424. The summed E-state index contributed by atoms with van der Waals surface area (Å²) in [6.07, 6.45) is 4.67. The van der Waals surface area contributed by atoms with E-state index in [0.717, 1.165) is 32.5 Å². The zero-order chi connectivity index (χ0) is 14.3. The maximum Gasteiger partial charge on any atom is 0.237 e. The van der Waals surface area contributed by atoms with E-state index in [0.29, 0.717) is 12.1 Å². The summed E-state index contributed by atoms with van der Waals surface area (Å²) in [5.41, 5.74) is 0. The molecule has 2 atom stereocenters. The molecular formula is C15H31N3O. The van der Waals surface area contributed by atoms with Gasteiger partial charge < -0.3 is 10.6 Å². The molecular weight excluding hydrogens is 238 g/mol. The van der Waals surface area contributed by atoms with Crippen LogP contribution in [-0.2, 0) is 4.79 Å². The second-order valence-electron chi connectivity index (χ2n) is 5.90. The minimum Gasteiger partial charge on any atom is -0.355 e. The highest BCUT2D eigenvalue weighted by Gasteiger charge is 2.27. The van der Waals surface area contributed by atoms with Crippen molar-refractivity contribution < 1.29 is 4.79 Å². The van der Waals surface area contributed by atoms with E-state index in [9.17, 15) is 4.79 Å². The zero-order valence-electron chi connectivity index (χ0n) is 13.0. The molecule has 112 valence electrons. The second kappa shape index (κ2) is 8.54. The summed E-state index contributed by atoms with van der Waals surface area (Å²) in [4.78, 5) is 14.5. The number of carbonyl (C=O) groups is 1. The highest BCUT2D eigenvalue weighted by atomic mass is 16.2. The minimum absolute atomic E-state index is 0.0424. The van der Waals surface area contributed by atoms with Crippen LogP contribution < -0.4 is 10.6 Å². The number of amides is 1. The van der Waals surface area contributed by atoms with E-state index < -0.39 is 0 Å². The number of nitrogens with zero attached hydrogens (tertiary/aromatic N) is 1. The molecule has 0 saturated carbocycles.